The van der Waals surface area contributed by atoms with Gasteiger partial charge in [0.05, 0.1) is 23.4 Å². The van der Waals surface area contributed by atoms with E-state index in [1.54, 1.807) is 19.2 Å². The summed E-state index contributed by atoms with van der Waals surface area (Å²) in [6.45, 7) is 2.04. The number of aromatic nitrogens is 2. The summed E-state index contributed by atoms with van der Waals surface area (Å²) in [5.41, 5.74) is 4.66. The van der Waals surface area contributed by atoms with Crippen molar-refractivity contribution in [2.45, 2.75) is 6.92 Å². The maximum Gasteiger partial charge on any atom is 0.270 e. The number of nitrogens with one attached hydrogen (secondary N) is 1. The van der Waals surface area contributed by atoms with Crippen LogP contribution in [0.4, 0.5) is 5.69 Å². The van der Waals surface area contributed by atoms with Crippen molar-refractivity contribution in [1.82, 2.24) is 9.97 Å². The highest BCUT2D eigenvalue weighted by molar-refractivity contribution is 5.84. The molecule has 0 fully saturated rings. The number of rotatable bonds is 5. The van der Waals surface area contributed by atoms with E-state index in [1.807, 2.05) is 49.4 Å². The van der Waals surface area contributed by atoms with Gasteiger partial charge in [-0.15, -0.1) is 0 Å². The molecule has 5 rings (SSSR count). The minimum atomic E-state index is -0.398. The molecule has 0 radical (unpaired) electrons. The maximum atomic E-state index is 11.4. The lowest BCUT2D eigenvalue weighted by Crippen LogP contribution is -1.93. The number of H-pyrrole nitrogens is 1. The molecule has 0 atom stereocenters. The Morgan fingerprint density at radius 3 is 2.62 bits per heavy atom. The smallest absolute Gasteiger partial charge is 0.270 e. The summed E-state index contributed by atoms with van der Waals surface area (Å²) < 4.78 is 16.5. The average molecular weight is 429 g/mol. The van der Waals surface area contributed by atoms with E-state index in [9.17, 15) is 10.1 Å². The number of imidazole rings is 1. The Bertz CT molecular complexity index is 1330. The van der Waals surface area contributed by atoms with Crippen LogP contribution in [0.1, 0.15) is 5.56 Å². The number of benzene rings is 3. The number of non-ortho nitro benzene ring substituents is 1. The van der Waals surface area contributed by atoms with Crippen molar-refractivity contribution in [2.24, 2.45) is 0 Å². The van der Waals surface area contributed by atoms with E-state index in [4.69, 9.17) is 19.2 Å². The van der Waals surface area contributed by atoms with Gasteiger partial charge in [-0.05, 0) is 24.6 Å². The Balaban J connectivity index is 1.72. The summed E-state index contributed by atoms with van der Waals surface area (Å²) >= 11 is 0. The molecule has 32 heavy (non-hydrogen) atoms. The first kappa shape index (κ1) is 19.6. The third kappa shape index (κ3) is 3.31. The van der Waals surface area contributed by atoms with Gasteiger partial charge in [0.2, 0.25) is 12.5 Å². The predicted octanol–water partition coefficient (Wildman–Crippen LogP) is 5.36. The zero-order valence-electron chi connectivity index (χ0n) is 17.4. The monoisotopic (exact) mass is 429 g/mol. The number of hydrogen-bond donors (Lipinski definition) is 1. The molecule has 0 saturated carbocycles. The third-order valence-corrected chi connectivity index (χ3v) is 5.38. The molecule has 0 saturated heterocycles. The molecule has 0 bridgehead atoms. The fourth-order valence-corrected chi connectivity index (χ4v) is 3.77. The van der Waals surface area contributed by atoms with Crippen molar-refractivity contribution in [1.29, 1.82) is 0 Å². The molecule has 0 aliphatic carbocycles. The second-order valence-electron chi connectivity index (χ2n) is 7.34. The molecule has 3 aromatic carbocycles. The van der Waals surface area contributed by atoms with E-state index in [1.165, 1.54) is 6.07 Å². The largest absolute Gasteiger partial charge is 0.493 e. The van der Waals surface area contributed by atoms with Crippen molar-refractivity contribution in [3.8, 4) is 51.2 Å². The van der Waals surface area contributed by atoms with Gasteiger partial charge in [-0.3, -0.25) is 10.1 Å². The average Bonchev–Trinajstić information content (AvgIpc) is 3.46. The molecule has 0 unspecified atom stereocenters. The summed E-state index contributed by atoms with van der Waals surface area (Å²) in [5, 5.41) is 11.4. The van der Waals surface area contributed by atoms with Gasteiger partial charge in [-0.2, -0.15) is 0 Å². The van der Waals surface area contributed by atoms with Crippen LogP contribution in [-0.2, 0) is 0 Å². The lowest BCUT2D eigenvalue weighted by Gasteiger charge is -2.07. The van der Waals surface area contributed by atoms with E-state index < -0.39 is 4.92 Å². The fourth-order valence-electron chi connectivity index (χ4n) is 3.77. The molecular formula is C24H19N3O5. The highest BCUT2D eigenvalue weighted by Crippen LogP contribution is 2.45. The summed E-state index contributed by atoms with van der Waals surface area (Å²) in [7, 11) is 1.57. The van der Waals surface area contributed by atoms with Crippen molar-refractivity contribution in [2.75, 3.05) is 13.9 Å². The van der Waals surface area contributed by atoms with Crippen molar-refractivity contribution in [3.63, 3.8) is 0 Å². The Hall–Kier alpha value is -4.33. The minimum Gasteiger partial charge on any atom is -0.493 e. The third-order valence-electron chi connectivity index (χ3n) is 5.38. The molecule has 8 nitrogen and oxygen atoms in total. The number of nitrogens with zero attached hydrogens (tertiary/aromatic N) is 2. The van der Waals surface area contributed by atoms with Crippen LogP contribution in [0.5, 0.6) is 17.2 Å². The molecule has 0 spiro atoms. The highest BCUT2D eigenvalue weighted by Gasteiger charge is 2.24. The molecule has 0 amide bonds. The minimum absolute atomic E-state index is 0.0190. The second-order valence-corrected chi connectivity index (χ2v) is 7.34. The Morgan fingerprint density at radius 1 is 1.06 bits per heavy atom. The Kier molecular flexibility index (Phi) is 4.74. The lowest BCUT2D eigenvalue weighted by atomic mass is 10.0. The van der Waals surface area contributed by atoms with E-state index in [0.29, 0.717) is 40.0 Å². The number of fused-ring (bicyclic) bond motifs is 1. The lowest BCUT2D eigenvalue weighted by molar-refractivity contribution is -0.384. The molecule has 1 aromatic heterocycles. The van der Waals surface area contributed by atoms with Gasteiger partial charge in [-0.1, -0.05) is 36.4 Å². The van der Waals surface area contributed by atoms with Crippen molar-refractivity contribution < 1.29 is 19.1 Å². The van der Waals surface area contributed by atoms with Gasteiger partial charge < -0.3 is 19.2 Å². The van der Waals surface area contributed by atoms with Crippen LogP contribution in [0.15, 0.2) is 60.7 Å². The second kappa shape index (κ2) is 7.73. The zero-order valence-corrected chi connectivity index (χ0v) is 17.4. The first-order chi connectivity index (χ1) is 15.5. The van der Waals surface area contributed by atoms with E-state index in [2.05, 4.69) is 4.98 Å². The number of ether oxygens (including phenoxy) is 3. The number of aromatic amines is 1. The molecule has 1 aliphatic heterocycles. The van der Waals surface area contributed by atoms with E-state index >= 15 is 0 Å². The van der Waals surface area contributed by atoms with Crippen molar-refractivity contribution >= 4 is 5.69 Å². The topological polar surface area (TPSA) is 99.5 Å². The predicted molar refractivity (Wildman–Crippen MR) is 119 cm³/mol. The molecular weight excluding hydrogens is 410 g/mol. The van der Waals surface area contributed by atoms with Gasteiger partial charge in [-0.25, -0.2) is 4.98 Å². The van der Waals surface area contributed by atoms with E-state index in [0.717, 1.165) is 16.7 Å². The molecule has 1 aliphatic rings. The van der Waals surface area contributed by atoms with Crippen LogP contribution in [0.25, 0.3) is 33.9 Å². The number of nitro benzene ring substituents is 1. The molecule has 2 heterocycles. The zero-order chi connectivity index (χ0) is 22.2. The van der Waals surface area contributed by atoms with Crippen molar-refractivity contribution in [3.05, 3.63) is 76.3 Å². The summed E-state index contributed by atoms with van der Waals surface area (Å²) in [6, 6.07) is 18.2. The summed E-state index contributed by atoms with van der Waals surface area (Å²) in [5.74, 6) is 2.26. The molecule has 160 valence electrons. The summed E-state index contributed by atoms with van der Waals surface area (Å²) in [6.07, 6.45) is 0. The fraction of sp³-hybridized carbons (Fsp3) is 0.125. The maximum absolute atomic E-state index is 11.4. The van der Waals surface area contributed by atoms with Gasteiger partial charge >= 0.3 is 0 Å². The van der Waals surface area contributed by atoms with Crippen LogP contribution in [0.3, 0.4) is 0 Å². The number of nitro groups is 1. The normalized spacial score (nSPS) is 12.1. The van der Waals surface area contributed by atoms with Crippen LogP contribution in [0.2, 0.25) is 0 Å². The number of hydrogen-bond acceptors (Lipinski definition) is 6. The van der Waals surface area contributed by atoms with Crippen LogP contribution in [-0.4, -0.2) is 28.8 Å². The van der Waals surface area contributed by atoms with Crippen LogP contribution >= 0.6 is 0 Å². The molecule has 4 aromatic rings. The van der Waals surface area contributed by atoms with Gasteiger partial charge in [0, 0.05) is 28.8 Å². The quantitative estimate of drug-likeness (QED) is 0.338. The first-order valence-electron chi connectivity index (χ1n) is 9.94. The van der Waals surface area contributed by atoms with Crippen LogP contribution < -0.4 is 14.2 Å². The molecule has 8 heteroatoms. The standard InChI is InChI=1S/C24H19N3O5/c1-14-8-9-17(27(28)29)12-18(14)22-21(15-6-4-3-5-7-15)25-24(26-22)16-10-19(30-2)23-20(11-16)31-13-32-23/h3-12H,13H2,1-2H3,(H,25,26). The SMILES string of the molecule is COc1cc(-c2nc(-c3ccccc3)c(-c3cc([N+](=O)[O-])ccc3C)[nH]2)cc2c1OCO2. The highest BCUT2D eigenvalue weighted by atomic mass is 16.7. The number of aryl methyl sites for hydroxylation is 1. The van der Waals surface area contributed by atoms with Gasteiger partial charge in [0.25, 0.3) is 5.69 Å². The first-order valence-corrected chi connectivity index (χ1v) is 9.94. The van der Waals surface area contributed by atoms with E-state index in [-0.39, 0.29) is 12.5 Å². The Labute approximate surface area is 183 Å². The number of methoxy groups -OCH3 is 1. The van der Waals surface area contributed by atoms with Crippen LogP contribution in [0, 0.1) is 17.0 Å². The molecule has 1 N–H and O–H groups in total. The Morgan fingerprint density at radius 2 is 1.88 bits per heavy atom. The summed E-state index contributed by atoms with van der Waals surface area (Å²) in [4.78, 5) is 19.2. The van der Waals surface area contributed by atoms with Gasteiger partial charge in [0.15, 0.2) is 11.5 Å². The van der Waals surface area contributed by atoms with Gasteiger partial charge in [0.1, 0.15) is 5.82 Å².